The average Bonchev–Trinajstić information content (AvgIpc) is 2.56. The number of nitrogens with two attached hydrogens (primary N) is 2. The lowest BCUT2D eigenvalue weighted by Crippen LogP contribution is -2.46. The summed E-state index contributed by atoms with van der Waals surface area (Å²) < 4.78 is 9.73. The van der Waals surface area contributed by atoms with Gasteiger partial charge >= 0.3 is 0 Å². The minimum absolute atomic E-state index is 0.0427. The predicted octanol–water partition coefficient (Wildman–Crippen LogP) is -1.65. The average molecular weight is 344 g/mol. The van der Waals surface area contributed by atoms with Gasteiger partial charge in [0.05, 0.1) is 25.7 Å². The topological polar surface area (TPSA) is 167 Å². The summed E-state index contributed by atoms with van der Waals surface area (Å²) in [5.41, 5.74) is 8.46. The first-order valence-corrected chi connectivity index (χ1v) is 7.28. The van der Waals surface area contributed by atoms with Gasteiger partial charge in [-0.2, -0.15) is 0 Å². The van der Waals surface area contributed by atoms with Crippen molar-refractivity contribution in [1.29, 1.82) is 5.41 Å². The number of nitrogens with one attached hydrogen (secondary N) is 2. The molecule has 0 radical (unpaired) electrons. The van der Waals surface area contributed by atoms with Crippen molar-refractivity contribution >= 4 is 5.84 Å². The zero-order chi connectivity index (χ0) is 18.5. The van der Waals surface area contributed by atoms with Crippen LogP contribution in [0.3, 0.4) is 0 Å². The molecule has 0 aliphatic heterocycles. The summed E-state index contributed by atoms with van der Waals surface area (Å²) in [4.78, 5) is 0. The third-order valence-corrected chi connectivity index (χ3v) is 3.11. The van der Waals surface area contributed by atoms with Gasteiger partial charge in [0.25, 0.3) is 0 Å². The highest BCUT2D eigenvalue weighted by molar-refractivity contribution is 5.79. The van der Waals surface area contributed by atoms with Gasteiger partial charge in [0.15, 0.2) is 0 Å². The van der Waals surface area contributed by atoms with Gasteiger partial charge in [-0.15, -0.1) is 0 Å². The van der Waals surface area contributed by atoms with E-state index in [1.54, 1.807) is 7.11 Å². The van der Waals surface area contributed by atoms with Crippen molar-refractivity contribution in [3.8, 4) is 5.75 Å². The van der Waals surface area contributed by atoms with E-state index in [4.69, 9.17) is 36.7 Å². The Labute approximate surface area is 141 Å². The molecule has 0 heterocycles. The van der Waals surface area contributed by atoms with E-state index >= 15 is 0 Å². The van der Waals surface area contributed by atoms with E-state index < -0.39 is 18.3 Å². The summed E-state index contributed by atoms with van der Waals surface area (Å²) in [7, 11) is 2.96. The number of aliphatic hydroxyl groups excluding tert-OH is 3. The fourth-order valence-corrected chi connectivity index (χ4v) is 1.81. The molecular weight excluding hydrogens is 316 g/mol. The molecule has 9 N–H and O–H groups in total. The summed E-state index contributed by atoms with van der Waals surface area (Å²) in [5.74, 6) is 5.90. The van der Waals surface area contributed by atoms with Crippen molar-refractivity contribution in [2.45, 2.75) is 24.7 Å². The molecule has 9 heteroatoms. The van der Waals surface area contributed by atoms with Crippen molar-refractivity contribution in [1.82, 2.24) is 5.43 Å². The Kier molecular flexibility index (Phi) is 11.7. The van der Waals surface area contributed by atoms with Crippen LogP contribution in [0.1, 0.15) is 5.56 Å². The predicted molar refractivity (Wildman–Crippen MR) is 90.7 cm³/mol. The fourth-order valence-electron chi connectivity index (χ4n) is 1.81. The molecule has 0 aromatic heterocycles. The van der Waals surface area contributed by atoms with E-state index in [1.165, 1.54) is 7.11 Å². The first-order chi connectivity index (χ1) is 11.4. The van der Waals surface area contributed by atoms with Gasteiger partial charge < -0.3 is 30.5 Å². The van der Waals surface area contributed by atoms with Gasteiger partial charge in [0.1, 0.15) is 18.0 Å². The first kappa shape index (κ1) is 22.2. The summed E-state index contributed by atoms with van der Waals surface area (Å²) in [6.45, 7) is -0.305. The molecule has 0 bridgehead atoms. The van der Waals surface area contributed by atoms with Crippen LogP contribution < -0.4 is 21.7 Å². The number of hydrogen-bond acceptors (Lipinski definition) is 8. The molecule has 138 valence electrons. The van der Waals surface area contributed by atoms with E-state index in [0.717, 1.165) is 11.3 Å². The lowest BCUT2D eigenvalue weighted by Gasteiger charge is -2.23. The highest BCUT2D eigenvalue weighted by atomic mass is 16.5. The van der Waals surface area contributed by atoms with Gasteiger partial charge in [-0.3, -0.25) is 16.7 Å². The molecule has 0 fully saturated rings. The van der Waals surface area contributed by atoms with Crippen molar-refractivity contribution < 1.29 is 24.8 Å². The summed E-state index contributed by atoms with van der Waals surface area (Å²) in [5, 5.41) is 34.2. The largest absolute Gasteiger partial charge is 0.497 e. The molecule has 0 saturated heterocycles. The summed E-state index contributed by atoms with van der Waals surface area (Å²) in [6.07, 6.45) is -2.49. The van der Waals surface area contributed by atoms with Gasteiger partial charge in [-0.05, 0) is 17.7 Å². The number of amidine groups is 1. The Morgan fingerprint density at radius 3 is 2.46 bits per heavy atom. The molecule has 1 aromatic rings. The Hall–Kier alpha value is -1.75. The normalized spacial score (nSPS) is 14.1. The van der Waals surface area contributed by atoms with Crippen LogP contribution in [0.25, 0.3) is 0 Å². The third kappa shape index (κ3) is 8.77. The summed E-state index contributed by atoms with van der Waals surface area (Å²) in [6, 6.07) is 7.55. The number of benzene rings is 1. The highest BCUT2D eigenvalue weighted by Crippen LogP contribution is 2.12. The highest BCUT2D eigenvalue weighted by Gasteiger charge is 2.24. The molecular formula is C15H28N4O5. The van der Waals surface area contributed by atoms with E-state index in [9.17, 15) is 5.11 Å². The molecule has 0 saturated carbocycles. The van der Waals surface area contributed by atoms with Crippen LogP contribution in [0.2, 0.25) is 0 Å². The molecule has 0 aliphatic carbocycles. The van der Waals surface area contributed by atoms with E-state index in [0.29, 0.717) is 6.42 Å². The number of hydrazine groups is 1. The molecule has 24 heavy (non-hydrogen) atoms. The lowest BCUT2D eigenvalue weighted by molar-refractivity contribution is -0.0912. The smallest absolute Gasteiger partial charge is 0.119 e. The molecule has 3 unspecified atom stereocenters. The minimum atomic E-state index is -1.14. The number of aliphatic hydroxyl groups is 3. The molecule has 0 amide bonds. The lowest BCUT2D eigenvalue weighted by atomic mass is 10.1. The van der Waals surface area contributed by atoms with Gasteiger partial charge in [-0.1, -0.05) is 12.1 Å². The van der Waals surface area contributed by atoms with Gasteiger partial charge in [-0.25, -0.2) is 0 Å². The summed E-state index contributed by atoms with van der Waals surface area (Å²) >= 11 is 0. The Morgan fingerprint density at radius 1 is 1.33 bits per heavy atom. The van der Waals surface area contributed by atoms with Crippen molar-refractivity contribution in [3.05, 3.63) is 29.8 Å². The number of ether oxygens (including phenoxy) is 2. The van der Waals surface area contributed by atoms with Crippen molar-refractivity contribution in [2.24, 2.45) is 11.6 Å². The Morgan fingerprint density at radius 2 is 2.00 bits per heavy atom. The Balaban J connectivity index is 0.000000441. The molecule has 1 rings (SSSR count). The first-order valence-electron chi connectivity index (χ1n) is 7.28. The van der Waals surface area contributed by atoms with Crippen molar-refractivity contribution in [2.75, 3.05) is 27.4 Å². The molecule has 0 aliphatic rings. The molecule has 1 aromatic carbocycles. The van der Waals surface area contributed by atoms with Crippen LogP contribution in [0, 0.1) is 5.41 Å². The maximum atomic E-state index is 9.28. The Bertz CT molecular complexity index is 471. The van der Waals surface area contributed by atoms with Crippen LogP contribution in [0.15, 0.2) is 24.3 Å². The number of methoxy groups -OCH3 is 2. The standard InChI is InChI=1S/C9H12N2O.C6H16N2O4/c1-12-8-4-2-3-7(5-8)6-9(10)11;1-12-5(3-9)6(11)4(10)2-8-7/h2-5H,6H2,1H3,(H3,10,11);4-6,8-11H,2-3,7H2,1H3. The molecule has 9 nitrogen and oxygen atoms in total. The maximum Gasteiger partial charge on any atom is 0.119 e. The molecule has 3 atom stereocenters. The van der Waals surface area contributed by atoms with E-state index in [1.807, 2.05) is 24.3 Å². The second kappa shape index (κ2) is 12.6. The van der Waals surface area contributed by atoms with Crippen LogP contribution in [-0.2, 0) is 11.2 Å². The minimum Gasteiger partial charge on any atom is -0.497 e. The number of hydrogen-bond donors (Lipinski definition) is 7. The van der Waals surface area contributed by atoms with Crippen LogP contribution in [0.4, 0.5) is 0 Å². The zero-order valence-corrected chi connectivity index (χ0v) is 14.0. The van der Waals surface area contributed by atoms with Crippen molar-refractivity contribution in [3.63, 3.8) is 0 Å². The third-order valence-electron chi connectivity index (χ3n) is 3.11. The maximum absolute atomic E-state index is 9.28. The van der Waals surface area contributed by atoms with E-state index in [2.05, 4.69) is 5.43 Å². The second-order valence-electron chi connectivity index (χ2n) is 4.98. The van der Waals surface area contributed by atoms with Crippen LogP contribution >= 0.6 is 0 Å². The van der Waals surface area contributed by atoms with Crippen LogP contribution in [-0.4, -0.2) is 66.8 Å². The second-order valence-corrected chi connectivity index (χ2v) is 4.98. The van der Waals surface area contributed by atoms with E-state index in [-0.39, 0.29) is 19.0 Å². The zero-order valence-electron chi connectivity index (χ0n) is 14.0. The van der Waals surface area contributed by atoms with Crippen LogP contribution in [0.5, 0.6) is 5.75 Å². The fraction of sp³-hybridized carbons (Fsp3) is 0.533. The van der Waals surface area contributed by atoms with Gasteiger partial charge in [0.2, 0.25) is 0 Å². The quantitative estimate of drug-likeness (QED) is 0.121. The monoisotopic (exact) mass is 344 g/mol. The number of rotatable bonds is 9. The molecule has 0 spiro atoms. The SMILES string of the molecule is COC(CO)C(O)C(O)CNN.COc1cccc(CC(=N)N)c1. The van der Waals surface area contributed by atoms with Gasteiger partial charge in [0, 0.05) is 20.1 Å².